The zero-order valence-corrected chi connectivity index (χ0v) is 13.2. The monoisotopic (exact) mass is 317 g/mol. The molecule has 0 saturated carbocycles. The number of hydrogen-bond donors (Lipinski definition) is 0. The highest BCUT2D eigenvalue weighted by molar-refractivity contribution is 5.32. The lowest BCUT2D eigenvalue weighted by Gasteiger charge is -2.32. The fourth-order valence-corrected chi connectivity index (χ4v) is 2.41. The van der Waals surface area contributed by atoms with Crippen molar-refractivity contribution in [3.8, 4) is 17.5 Å². The summed E-state index contributed by atoms with van der Waals surface area (Å²) in [6, 6.07) is 0.355. The molecule has 0 aliphatic carbocycles. The predicted octanol–water partition coefficient (Wildman–Crippen LogP) is 1.33. The maximum absolute atomic E-state index is 5.85. The maximum atomic E-state index is 5.85. The normalized spacial score (nSPS) is 17.7. The largest absolute Gasteiger partial charge is 0.494 e. The highest BCUT2D eigenvalue weighted by Gasteiger charge is 2.23. The molecule has 3 rings (SSSR count). The van der Waals surface area contributed by atoms with E-state index < -0.39 is 0 Å². The van der Waals surface area contributed by atoms with Crippen LogP contribution in [0.5, 0.6) is 17.5 Å². The Kier molecular flexibility index (Phi) is 4.70. The van der Waals surface area contributed by atoms with Gasteiger partial charge in [0.25, 0.3) is 0 Å². The van der Waals surface area contributed by atoms with Gasteiger partial charge in [0.05, 0.1) is 45.6 Å². The van der Waals surface area contributed by atoms with Gasteiger partial charge < -0.3 is 19.1 Å². The van der Waals surface area contributed by atoms with Crippen LogP contribution in [0.15, 0.2) is 24.8 Å². The molecule has 3 heterocycles. The van der Waals surface area contributed by atoms with E-state index in [0.29, 0.717) is 30.0 Å². The van der Waals surface area contributed by atoms with Crippen molar-refractivity contribution in [2.75, 3.05) is 32.2 Å². The van der Waals surface area contributed by atoms with Gasteiger partial charge in [-0.2, -0.15) is 9.97 Å². The second-order valence-corrected chi connectivity index (χ2v) is 5.16. The quantitative estimate of drug-likeness (QED) is 0.817. The minimum atomic E-state index is 0.00264. The molecule has 0 N–H and O–H groups in total. The summed E-state index contributed by atoms with van der Waals surface area (Å²) >= 11 is 0. The summed E-state index contributed by atoms with van der Waals surface area (Å²) in [6.45, 7) is 1.59. The highest BCUT2D eigenvalue weighted by Crippen LogP contribution is 2.20. The summed E-state index contributed by atoms with van der Waals surface area (Å²) in [6.07, 6.45) is 8.46. The molecule has 0 spiro atoms. The molecule has 1 aliphatic heterocycles. The molecule has 2 aromatic heterocycles. The van der Waals surface area contributed by atoms with Crippen LogP contribution in [0.3, 0.4) is 0 Å². The number of nitrogens with zero attached hydrogens (tertiary/aromatic N) is 5. The topological polar surface area (TPSA) is 82.5 Å². The van der Waals surface area contributed by atoms with Crippen molar-refractivity contribution in [2.24, 2.45) is 0 Å². The van der Waals surface area contributed by atoms with Crippen molar-refractivity contribution < 1.29 is 14.2 Å². The maximum Gasteiger partial charge on any atom is 0.316 e. The molecule has 1 aliphatic rings. The van der Waals surface area contributed by atoms with E-state index in [4.69, 9.17) is 14.2 Å². The molecule has 122 valence electrons. The Balaban J connectivity index is 1.62. The fourth-order valence-electron chi connectivity index (χ4n) is 2.41. The predicted molar refractivity (Wildman–Crippen MR) is 83.0 cm³/mol. The van der Waals surface area contributed by atoms with Crippen molar-refractivity contribution in [3.05, 3.63) is 24.8 Å². The van der Waals surface area contributed by atoms with Crippen LogP contribution in [0.2, 0.25) is 0 Å². The lowest BCUT2D eigenvalue weighted by molar-refractivity contribution is 0.163. The van der Waals surface area contributed by atoms with Gasteiger partial charge in [-0.25, -0.2) is 9.97 Å². The van der Waals surface area contributed by atoms with Crippen LogP contribution >= 0.6 is 0 Å². The Morgan fingerprint density at radius 3 is 2.17 bits per heavy atom. The van der Waals surface area contributed by atoms with E-state index in [-0.39, 0.29) is 6.10 Å². The standard InChI is InChI=1S/C15H19N5O3/c1-21-12-6-16-14(17-7-12)20-5-3-4-11(10-20)23-15-18-8-13(22-2)9-19-15/h6-9,11H,3-5,10H2,1-2H3. The molecule has 0 aromatic carbocycles. The Labute approximate surface area is 134 Å². The highest BCUT2D eigenvalue weighted by atomic mass is 16.5. The first-order valence-corrected chi connectivity index (χ1v) is 7.42. The molecule has 0 radical (unpaired) electrons. The summed E-state index contributed by atoms with van der Waals surface area (Å²) in [5.74, 6) is 1.93. The Hall–Kier alpha value is -2.64. The van der Waals surface area contributed by atoms with E-state index in [2.05, 4.69) is 24.8 Å². The first kappa shape index (κ1) is 15.3. The molecule has 23 heavy (non-hydrogen) atoms. The molecule has 8 nitrogen and oxygen atoms in total. The van der Waals surface area contributed by atoms with Gasteiger partial charge in [0.15, 0.2) is 11.5 Å². The van der Waals surface area contributed by atoms with Crippen molar-refractivity contribution >= 4 is 5.95 Å². The third-order valence-electron chi connectivity index (χ3n) is 3.62. The van der Waals surface area contributed by atoms with E-state index >= 15 is 0 Å². The second kappa shape index (κ2) is 7.08. The lowest BCUT2D eigenvalue weighted by Crippen LogP contribution is -2.42. The Morgan fingerprint density at radius 1 is 0.957 bits per heavy atom. The minimum Gasteiger partial charge on any atom is -0.494 e. The third-order valence-corrected chi connectivity index (χ3v) is 3.62. The number of rotatable bonds is 5. The Morgan fingerprint density at radius 2 is 1.57 bits per heavy atom. The zero-order chi connectivity index (χ0) is 16.1. The van der Waals surface area contributed by atoms with Gasteiger partial charge in [0.2, 0.25) is 5.95 Å². The van der Waals surface area contributed by atoms with E-state index in [9.17, 15) is 0 Å². The van der Waals surface area contributed by atoms with Gasteiger partial charge in [0, 0.05) is 6.54 Å². The summed E-state index contributed by atoms with van der Waals surface area (Å²) in [4.78, 5) is 19.0. The number of methoxy groups -OCH3 is 2. The number of piperidine rings is 1. The molecular formula is C15H19N5O3. The fraction of sp³-hybridized carbons (Fsp3) is 0.467. The van der Waals surface area contributed by atoms with E-state index in [1.807, 2.05) is 0 Å². The average Bonchev–Trinajstić information content (AvgIpc) is 2.63. The summed E-state index contributed by atoms with van der Waals surface area (Å²) in [7, 11) is 3.17. The zero-order valence-electron chi connectivity index (χ0n) is 13.2. The minimum absolute atomic E-state index is 0.00264. The first-order chi connectivity index (χ1) is 11.3. The average molecular weight is 317 g/mol. The SMILES string of the molecule is COc1cnc(OC2CCCN(c3ncc(OC)cn3)C2)nc1. The van der Waals surface area contributed by atoms with Gasteiger partial charge in [-0.05, 0) is 12.8 Å². The number of hydrogen-bond acceptors (Lipinski definition) is 8. The van der Waals surface area contributed by atoms with E-state index in [1.165, 1.54) is 0 Å². The molecule has 0 amide bonds. The van der Waals surface area contributed by atoms with Crippen LogP contribution in [0.1, 0.15) is 12.8 Å². The summed E-state index contributed by atoms with van der Waals surface area (Å²) in [5, 5.41) is 0. The Bertz CT molecular complexity index is 620. The van der Waals surface area contributed by atoms with Crippen molar-refractivity contribution in [1.82, 2.24) is 19.9 Å². The molecule has 1 saturated heterocycles. The van der Waals surface area contributed by atoms with Gasteiger partial charge >= 0.3 is 6.01 Å². The van der Waals surface area contributed by atoms with Crippen LogP contribution in [0.4, 0.5) is 5.95 Å². The molecular weight excluding hydrogens is 298 g/mol. The molecule has 1 fully saturated rings. The van der Waals surface area contributed by atoms with Gasteiger partial charge in [-0.15, -0.1) is 0 Å². The van der Waals surface area contributed by atoms with Crippen LogP contribution in [0, 0.1) is 0 Å². The number of aromatic nitrogens is 4. The second-order valence-electron chi connectivity index (χ2n) is 5.16. The molecule has 0 bridgehead atoms. The summed E-state index contributed by atoms with van der Waals surface area (Å²) < 4.78 is 16.0. The van der Waals surface area contributed by atoms with Crippen LogP contribution in [0.25, 0.3) is 0 Å². The number of anilines is 1. The lowest BCUT2D eigenvalue weighted by atomic mass is 10.1. The van der Waals surface area contributed by atoms with Crippen molar-refractivity contribution in [2.45, 2.75) is 18.9 Å². The van der Waals surface area contributed by atoms with Crippen molar-refractivity contribution in [3.63, 3.8) is 0 Å². The van der Waals surface area contributed by atoms with Gasteiger partial charge in [-0.1, -0.05) is 0 Å². The molecule has 2 aromatic rings. The third kappa shape index (κ3) is 3.77. The molecule has 1 unspecified atom stereocenters. The van der Waals surface area contributed by atoms with Crippen LogP contribution in [-0.2, 0) is 0 Å². The van der Waals surface area contributed by atoms with E-state index in [0.717, 1.165) is 19.4 Å². The molecule has 1 atom stereocenters. The van der Waals surface area contributed by atoms with Crippen LogP contribution < -0.4 is 19.1 Å². The smallest absolute Gasteiger partial charge is 0.316 e. The summed E-state index contributed by atoms with van der Waals surface area (Å²) in [5.41, 5.74) is 0. The van der Waals surface area contributed by atoms with Gasteiger partial charge in [-0.3, -0.25) is 0 Å². The molecule has 8 heteroatoms. The van der Waals surface area contributed by atoms with Gasteiger partial charge in [0.1, 0.15) is 6.10 Å². The first-order valence-electron chi connectivity index (χ1n) is 7.42. The van der Waals surface area contributed by atoms with E-state index in [1.54, 1.807) is 39.0 Å². The van der Waals surface area contributed by atoms with Crippen molar-refractivity contribution in [1.29, 1.82) is 0 Å². The number of ether oxygens (including phenoxy) is 3. The van der Waals surface area contributed by atoms with Crippen LogP contribution in [-0.4, -0.2) is 53.3 Å².